The Morgan fingerprint density at radius 3 is 2.21 bits per heavy atom. The summed E-state index contributed by atoms with van der Waals surface area (Å²) < 4.78 is 5.14. The van der Waals surface area contributed by atoms with Crippen LogP contribution in [0.15, 0.2) is 54.6 Å². The van der Waals surface area contributed by atoms with E-state index in [-0.39, 0.29) is 0 Å². The number of aliphatic hydroxyl groups excluding tert-OH is 1. The number of ether oxygens (including phenoxy) is 1. The molecule has 0 aliphatic heterocycles. The van der Waals surface area contributed by atoms with Crippen molar-refractivity contribution in [3.8, 4) is 5.75 Å². The fourth-order valence-electron chi connectivity index (χ4n) is 1.96. The van der Waals surface area contributed by atoms with Crippen molar-refractivity contribution in [2.75, 3.05) is 7.11 Å². The fraction of sp³-hybridized carbons (Fsp3) is 0.176. The third-order valence-corrected chi connectivity index (χ3v) is 3.00. The molecule has 2 rings (SSSR count). The lowest BCUT2D eigenvalue weighted by molar-refractivity contribution is 0.254. The summed E-state index contributed by atoms with van der Waals surface area (Å²) in [6.45, 7) is 1.78. The van der Waals surface area contributed by atoms with Crippen LogP contribution in [0, 0.1) is 0 Å². The van der Waals surface area contributed by atoms with Gasteiger partial charge < -0.3 is 9.84 Å². The molecule has 0 fully saturated rings. The maximum absolute atomic E-state index is 9.93. The number of rotatable bonds is 4. The van der Waals surface area contributed by atoms with E-state index in [1.807, 2.05) is 60.7 Å². The van der Waals surface area contributed by atoms with Crippen molar-refractivity contribution >= 4 is 11.6 Å². The molecule has 2 aromatic rings. The molecule has 1 N–H and O–H groups in total. The lowest BCUT2D eigenvalue weighted by Gasteiger charge is -2.11. The summed E-state index contributed by atoms with van der Waals surface area (Å²) in [6, 6.07) is 17.7. The van der Waals surface area contributed by atoms with Crippen LogP contribution < -0.4 is 4.74 Å². The summed E-state index contributed by atoms with van der Waals surface area (Å²) in [5.41, 5.74) is 2.99. The molecule has 0 aliphatic rings. The lowest BCUT2D eigenvalue weighted by atomic mass is 9.99. The van der Waals surface area contributed by atoms with E-state index in [2.05, 4.69) is 0 Å². The van der Waals surface area contributed by atoms with Gasteiger partial charge in [0.2, 0.25) is 0 Å². The standard InChI is InChI=1S/C17H18O2/c1-13(18)17(15-6-4-3-5-7-15)12-14-8-10-16(19-2)11-9-14/h3-13,18H,1-2H3/b17-12-/t13-/m1/s1. The third kappa shape index (κ3) is 3.46. The van der Waals surface area contributed by atoms with Crippen LogP contribution in [0.3, 0.4) is 0 Å². The minimum atomic E-state index is -0.510. The summed E-state index contributed by atoms with van der Waals surface area (Å²) in [7, 11) is 1.65. The zero-order valence-corrected chi connectivity index (χ0v) is 11.2. The summed E-state index contributed by atoms with van der Waals surface area (Å²) in [4.78, 5) is 0. The second kappa shape index (κ2) is 6.21. The molecular weight excluding hydrogens is 236 g/mol. The van der Waals surface area contributed by atoms with Gasteiger partial charge in [-0.3, -0.25) is 0 Å². The largest absolute Gasteiger partial charge is 0.497 e. The highest BCUT2D eigenvalue weighted by Gasteiger charge is 2.07. The van der Waals surface area contributed by atoms with Gasteiger partial charge in [-0.2, -0.15) is 0 Å². The molecule has 0 radical (unpaired) electrons. The SMILES string of the molecule is COc1ccc(/C=C(\c2ccccc2)[C@@H](C)O)cc1. The Morgan fingerprint density at radius 2 is 1.68 bits per heavy atom. The van der Waals surface area contributed by atoms with E-state index < -0.39 is 6.10 Å². The Bertz CT molecular complexity index is 539. The monoisotopic (exact) mass is 254 g/mol. The van der Waals surface area contributed by atoms with E-state index in [0.717, 1.165) is 22.4 Å². The first kappa shape index (κ1) is 13.4. The van der Waals surface area contributed by atoms with Crippen LogP contribution >= 0.6 is 0 Å². The van der Waals surface area contributed by atoms with E-state index in [1.54, 1.807) is 14.0 Å². The van der Waals surface area contributed by atoms with E-state index >= 15 is 0 Å². The predicted molar refractivity (Wildman–Crippen MR) is 79.0 cm³/mol. The van der Waals surface area contributed by atoms with Gasteiger partial charge in [-0.05, 0) is 41.8 Å². The number of hydrogen-bond donors (Lipinski definition) is 1. The van der Waals surface area contributed by atoms with E-state index in [4.69, 9.17) is 4.74 Å². The van der Waals surface area contributed by atoms with Crippen LogP contribution in [0.1, 0.15) is 18.1 Å². The highest BCUT2D eigenvalue weighted by Crippen LogP contribution is 2.22. The molecule has 2 nitrogen and oxygen atoms in total. The molecule has 0 aliphatic carbocycles. The first-order valence-electron chi connectivity index (χ1n) is 6.30. The normalized spacial score (nSPS) is 13.1. The molecule has 0 unspecified atom stereocenters. The maximum Gasteiger partial charge on any atom is 0.118 e. The Hall–Kier alpha value is -2.06. The molecule has 0 spiro atoms. The van der Waals surface area contributed by atoms with Gasteiger partial charge in [0, 0.05) is 0 Å². The van der Waals surface area contributed by atoms with E-state index in [0.29, 0.717) is 0 Å². The van der Waals surface area contributed by atoms with Gasteiger partial charge in [-0.15, -0.1) is 0 Å². The number of benzene rings is 2. The van der Waals surface area contributed by atoms with Crippen LogP contribution in [-0.4, -0.2) is 18.3 Å². The summed E-state index contributed by atoms with van der Waals surface area (Å²) in [5.74, 6) is 0.829. The Balaban J connectivity index is 2.35. The second-order valence-corrected chi connectivity index (χ2v) is 4.41. The molecule has 0 saturated carbocycles. The Kier molecular flexibility index (Phi) is 4.37. The Morgan fingerprint density at radius 1 is 1.05 bits per heavy atom. The van der Waals surface area contributed by atoms with Crippen LogP contribution in [0.5, 0.6) is 5.75 Å². The molecular formula is C17H18O2. The Labute approximate surface area is 114 Å². The van der Waals surface area contributed by atoms with Crippen LogP contribution in [-0.2, 0) is 0 Å². The van der Waals surface area contributed by atoms with Gasteiger partial charge in [-0.25, -0.2) is 0 Å². The third-order valence-electron chi connectivity index (χ3n) is 3.00. The van der Waals surface area contributed by atoms with Crippen molar-refractivity contribution in [1.29, 1.82) is 0 Å². The van der Waals surface area contributed by atoms with Crippen molar-refractivity contribution in [2.24, 2.45) is 0 Å². The summed E-state index contributed by atoms with van der Waals surface area (Å²) >= 11 is 0. The van der Waals surface area contributed by atoms with Crippen molar-refractivity contribution in [1.82, 2.24) is 0 Å². The molecule has 19 heavy (non-hydrogen) atoms. The lowest BCUT2D eigenvalue weighted by Crippen LogP contribution is -2.03. The minimum absolute atomic E-state index is 0.510. The number of methoxy groups -OCH3 is 1. The zero-order valence-electron chi connectivity index (χ0n) is 11.2. The van der Waals surface area contributed by atoms with Gasteiger partial charge in [-0.1, -0.05) is 42.5 Å². The van der Waals surface area contributed by atoms with Crippen molar-refractivity contribution in [3.05, 3.63) is 65.7 Å². The molecule has 98 valence electrons. The molecule has 1 atom stereocenters. The molecule has 0 saturated heterocycles. The quantitative estimate of drug-likeness (QED) is 0.844. The first-order valence-corrected chi connectivity index (χ1v) is 6.30. The topological polar surface area (TPSA) is 29.5 Å². The molecule has 2 aromatic carbocycles. The molecule has 2 heteroatoms. The average molecular weight is 254 g/mol. The molecule has 0 heterocycles. The van der Waals surface area contributed by atoms with Gasteiger partial charge in [0.1, 0.15) is 5.75 Å². The van der Waals surface area contributed by atoms with E-state index in [1.165, 1.54) is 0 Å². The van der Waals surface area contributed by atoms with Crippen molar-refractivity contribution in [3.63, 3.8) is 0 Å². The van der Waals surface area contributed by atoms with Crippen LogP contribution in [0.25, 0.3) is 11.6 Å². The maximum atomic E-state index is 9.93. The van der Waals surface area contributed by atoms with E-state index in [9.17, 15) is 5.11 Å². The zero-order chi connectivity index (χ0) is 13.7. The van der Waals surface area contributed by atoms with Gasteiger partial charge in [0.05, 0.1) is 13.2 Å². The van der Waals surface area contributed by atoms with Crippen LogP contribution in [0.4, 0.5) is 0 Å². The summed E-state index contributed by atoms with van der Waals surface area (Å²) in [5, 5.41) is 9.93. The number of aliphatic hydroxyl groups is 1. The van der Waals surface area contributed by atoms with Crippen molar-refractivity contribution < 1.29 is 9.84 Å². The molecule has 0 bridgehead atoms. The number of hydrogen-bond acceptors (Lipinski definition) is 2. The second-order valence-electron chi connectivity index (χ2n) is 4.41. The first-order chi connectivity index (χ1) is 9.20. The minimum Gasteiger partial charge on any atom is -0.497 e. The van der Waals surface area contributed by atoms with Gasteiger partial charge >= 0.3 is 0 Å². The highest BCUT2D eigenvalue weighted by atomic mass is 16.5. The van der Waals surface area contributed by atoms with Gasteiger partial charge in [0.25, 0.3) is 0 Å². The van der Waals surface area contributed by atoms with Gasteiger partial charge in [0.15, 0.2) is 0 Å². The molecule has 0 amide bonds. The van der Waals surface area contributed by atoms with Crippen LogP contribution in [0.2, 0.25) is 0 Å². The van der Waals surface area contributed by atoms with Crippen molar-refractivity contribution in [2.45, 2.75) is 13.0 Å². The summed E-state index contributed by atoms with van der Waals surface area (Å²) in [6.07, 6.45) is 1.49. The average Bonchev–Trinajstić information content (AvgIpc) is 2.46. The smallest absolute Gasteiger partial charge is 0.118 e. The predicted octanol–water partition coefficient (Wildman–Crippen LogP) is 3.62. The molecule has 0 aromatic heterocycles. The highest BCUT2D eigenvalue weighted by molar-refractivity contribution is 5.83. The fourth-order valence-corrected chi connectivity index (χ4v) is 1.96.